The summed E-state index contributed by atoms with van der Waals surface area (Å²) in [6, 6.07) is 6.93. The van der Waals surface area contributed by atoms with E-state index in [0.717, 1.165) is 25.9 Å². The number of quaternary nitrogens is 1. The summed E-state index contributed by atoms with van der Waals surface area (Å²) in [7, 11) is 0. The number of piperidine rings is 1. The van der Waals surface area contributed by atoms with Crippen molar-refractivity contribution in [2.45, 2.75) is 25.8 Å². The molecule has 1 aliphatic rings. The summed E-state index contributed by atoms with van der Waals surface area (Å²) in [6.07, 6.45) is 1.50. The van der Waals surface area contributed by atoms with E-state index in [1.807, 2.05) is 13.0 Å². The minimum Gasteiger partial charge on any atom is -0.369 e. The van der Waals surface area contributed by atoms with Crippen LogP contribution in [0.4, 0.5) is 5.69 Å². The van der Waals surface area contributed by atoms with Gasteiger partial charge in [-0.3, -0.25) is 9.59 Å². The molecular formula is C15H21ClN3O2+. The van der Waals surface area contributed by atoms with Crippen LogP contribution in [0.2, 0.25) is 5.02 Å². The Hall–Kier alpha value is -1.59. The van der Waals surface area contributed by atoms with Crippen molar-refractivity contribution in [3.8, 4) is 0 Å². The molecule has 1 atom stereocenters. The smallest absolute Gasteiger partial charge is 0.282 e. The summed E-state index contributed by atoms with van der Waals surface area (Å²) in [5.74, 6) is -0.313. The number of amides is 2. The van der Waals surface area contributed by atoms with Gasteiger partial charge in [0.05, 0.1) is 13.1 Å². The van der Waals surface area contributed by atoms with Crippen LogP contribution >= 0.6 is 11.6 Å². The van der Waals surface area contributed by atoms with E-state index in [1.54, 1.807) is 18.2 Å². The first kappa shape index (κ1) is 15.8. The van der Waals surface area contributed by atoms with Crippen molar-refractivity contribution in [2.75, 3.05) is 18.4 Å². The fourth-order valence-corrected chi connectivity index (χ4v) is 2.90. The molecule has 1 saturated heterocycles. The van der Waals surface area contributed by atoms with E-state index < -0.39 is 0 Å². The first-order chi connectivity index (χ1) is 9.97. The number of rotatable bonds is 4. The van der Waals surface area contributed by atoms with Crippen LogP contribution in [0.25, 0.3) is 0 Å². The largest absolute Gasteiger partial charge is 0.369 e. The van der Waals surface area contributed by atoms with Crippen LogP contribution in [0.15, 0.2) is 24.3 Å². The molecular weight excluding hydrogens is 290 g/mol. The second-order valence-corrected chi connectivity index (χ2v) is 5.99. The number of carbonyl (C=O) groups is 2. The Labute approximate surface area is 129 Å². The SMILES string of the molecule is C[C@@H](C(=O)Nc1cccc(Cl)c1)[NH+]1CCC(C(N)=O)CC1. The van der Waals surface area contributed by atoms with E-state index in [4.69, 9.17) is 17.3 Å². The molecule has 21 heavy (non-hydrogen) atoms. The van der Waals surface area contributed by atoms with Crippen LogP contribution in [0.3, 0.4) is 0 Å². The molecule has 0 unspecified atom stereocenters. The number of likely N-dealkylation sites (tertiary alicyclic amines) is 1. The van der Waals surface area contributed by atoms with E-state index in [-0.39, 0.29) is 23.8 Å². The Balaban J connectivity index is 1.90. The lowest BCUT2D eigenvalue weighted by molar-refractivity contribution is -0.919. The number of hydrogen-bond acceptors (Lipinski definition) is 2. The predicted molar refractivity (Wildman–Crippen MR) is 82.2 cm³/mol. The highest BCUT2D eigenvalue weighted by molar-refractivity contribution is 6.30. The lowest BCUT2D eigenvalue weighted by Crippen LogP contribution is -3.17. The number of primary amides is 1. The Kier molecular flexibility index (Phi) is 5.20. The third-order valence-corrected chi connectivity index (χ3v) is 4.36. The quantitative estimate of drug-likeness (QED) is 0.755. The number of hydrogen-bond donors (Lipinski definition) is 3. The van der Waals surface area contributed by atoms with Gasteiger partial charge in [-0.2, -0.15) is 0 Å². The van der Waals surface area contributed by atoms with Crippen molar-refractivity contribution in [3.05, 3.63) is 29.3 Å². The van der Waals surface area contributed by atoms with Gasteiger partial charge in [0.25, 0.3) is 5.91 Å². The lowest BCUT2D eigenvalue weighted by Gasteiger charge is -2.31. The molecule has 0 saturated carbocycles. The van der Waals surface area contributed by atoms with Crippen LogP contribution in [0.5, 0.6) is 0 Å². The second-order valence-electron chi connectivity index (χ2n) is 5.56. The van der Waals surface area contributed by atoms with E-state index in [2.05, 4.69) is 5.32 Å². The van der Waals surface area contributed by atoms with Crippen molar-refractivity contribution in [1.82, 2.24) is 0 Å². The molecule has 2 rings (SSSR count). The zero-order valence-corrected chi connectivity index (χ0v) is 12.8. The number of anilines is 1. The average Bonchev–Trinajstić information content (AvgIpc) is 2.46. The Bertz CT molecular complexity index is 527. The molecule has 5 nitrogen and oxygen atoms in total. The monoisotopic (exact) mass is 310 g/mol. The molecule has 0 aromatic heterocycles. The van der Waals surface area contributed by atoms with Crippen molar-refractivity contribution in [3.63, 3.8) is 0 Å². The zero-order chi connectivity index (χ0) is 15.4. The van der Waals surface area contributed by atoms with Gasteiger partial charge in [0.2, 0.25) is 5.91 Å². The van der Waals surface area contributed by atoms with E-state index >= 15 is 0 Å². The molecule has 4 N–H and O–H groups in total. The maximum Gasteiger partial charge on any atom is 0.282 e. The highest BCUT2D eigenvalue weighted by atomic mass is 35.5. The molecule has 0 bridgehead atoms. The topological polar surface area (TPSA) is 76.6 Å². The van der Waals surface area contributed by atoms with Gasteiger partial charge in [-0.25, -0.2) is 0 Å². The molecule has 6 heteroatoms. The van der Waals surface area contributed by atoms with Crippen molar-refractivity contribution >= 4 is 29.1 Å². The van der Waals surface area contributed by atoms with Crippen molar-refractivity contribution in [1.29, 1.82) is 0 Å². The van der Waals surface area contributed by atoms with Gasteiger partial charge in [-0.15, -0.1) is 0 Å². The number of nitrogens with two attached hydrogens (primary N) is 1. The van der Waals surface area contributed by atoms with Crippen LogP contribution in [-0.4, -0.2) is 30.9 Å². The second kappa shape index (κ2) is 6.91. The summed E-state index contributed by atoms with van der Waals surface area (Å²) >= 11 is 5.90. The molecule has 1 aromatic rings. The highest BCUT2D eigenvalue weighted by Gasteiger charge is 2.31. The minimum absolute atomic E-state index is 0.0372. The predicted octanol–water partition coefficient (Wildman–Crippen LogP) is 0.447. The van der Waals surface area contributed by atoms with Crippen LogP contribution in [0.1, 0.15) is 19.8 Å². The molecule has 0 aliphatic carbocycles. The maximum atomic E-state index is 12.3. The Morgan fingerprint density at radius 1 is 1.38 bits per heavy atom. The van der Waals surface area contributed by atoms with Crippen LogP contribution in [0, 0.1) is 5.92 Å². The fourth-order valence-electron chi connectivity index (χ4n) is 2.71. The molecule has 114 valence electrons. The first-order valence-corrected chi connectivity index (χ1v) is 7.55. The zero-order valence-electron chi connectivity index (χ0n) is 12.1. The molecule has 1 aliphatic heterocycles. The number of nitrogens with one attached hydrogen (secondary N) is 2. The van der Waals surface area contributed by atoms with E-state index in [0.29, 0.717) is 10.7 Å². The molecule has 0 radical (unpaired) electrons. The molecule has 1 heterocycles. The summed E-state index contributed by atoms with van der Waals surface area (Å²) in [5.41, 5.74) is 6.02. The number of carbonyl (C=O) groups excluding carboxylic acids is 2. The first-order valence-electron chi connectivity index (χ1n) is 7.17. The summed E-state index contributed by atoms with van der Waals surface area (Å²) in [5, 5.41) is 3.47. The van der Waals surface area contributed by atoms with Gasteiger partial charge >= 0.3 is 0 Å². The van der Waals surface area contributed by atoms with Gasteiger partial charge in [0, 0.05) is 29.5 Å². The average molecular weight is 311 g/mol. The highest BCUT2D eigenvalue weighted by Crippen LogP contribution is 2.15. The van der Waals surface area contributed by atoms with Crippen molar-refractivity contribution < 1.29 is 14.5 Å². The van der Waals surface area contributed by atoms with Crippen molar-refractivity contribution in [2.24, 2.45) is 11.7 Å². The standard InChI is InChI=1S/C15H20ClN3O2/c1-10(19-7-5-11(6-8-19)14(17)20)15(21)18-13-4-2-3-12(16)9-13/h2-4,9-11H,5-8H2,1H3,(H2,17,20)(H,18,21)/p+1/t10-/m0/s1. The fraction of sp³-hybridized carbons (Fsp3) is 0.467. The normalized spacial score (nSPS) is 23.3. The van der Waals surface area contributed by atoms with E-state index in [1.165, 1.54) is 4.90 Å². The van der Waals surface area contributed by atoms with Gasteiger partial charge in [0.1, 0.15) is 0 Å². The third kappa shape index (κ3) is 4.19. The lowest BCUT2D eigenvalue weighted by atomic mass is 9.95. The van der Waals surface area contributed by atoms with Crippen LogP contribution in [-0.2, 0) is 9.59 Å². The van der Waals surface area contributed by atoms with Gasteiger partial charge in [-0.05, 0) is 25.1 Å². The number of halogens is 1. The summed E-state index contributed by atoms with van der Waals surface area (Å²) < 4.78 is 0. The third-order valence-electron chi connectivity index (χ3n) is 4.13. The molecule has 1 aromatic carbocycles. The van der Waals surface area contributed by atoms with Crippen LogP contribution < -0.4 is 16.0 Å². The molecule has 0 spiro atoms. The minimum atomic E-state index is -0.231. The Morgan fingerprint density at radius 3 is 2.62 bits per heavy atom. The van der Waals surface area contributed by atoms with Gasteiger partial charge in [0.15, 0.2) is 6.04 Å². The summed E-state index contributed by atoms with van der Waals surface area (Å²) in [6.45, 7) is 3.48. The van der Waals surface area contributed by atoms with Gasteiger partial charge in [-0.1, -0.05) is 17.7 Å². The molecule has 2 amide bonds. The maximum absolute atomic E-state index is 12.3. The molecule has 1 fully saturated rings. The Morgan fingerprint density at radius 2 is 2.05 bits per heavy atom. The number of benzene rings is 1. The summed E-state index contributed by atoms with van der Waals surface area (Å²) in [4.78, 5) is 24.6. The van der Waals surface area contributed by atoms with E-state index in [9.17, 15) is 9.59 Å². The van der Waals surface area contributed by atoms with Gasteiger partial charge < -0.3 is 16.0 Å².